The Bertz CT molecular complexity index is 748. The molecule has 0 spiro atoms. The maximum absolute atomic E-state index is 12.6. The number of nitrogens with one attached hydrogen (secondary N) is 2. The Balaban J connectivity index is 1.47. The van der Waals surface area contributed by atoms with Crippen molar-refractivity contribution in [3.63, 3.8) is 0 Å². The van der Waals surface area contributed by atoms with E-state index in [1.165, 1.54) is 23.7 Å². The highest BCUT2D eigenvalue weighted by molar-refractivity contribution is 7.89. The highest BCUT2D eigenvalue weighted by Crippen LogP contribution is 2.19. The molecule has 3 rings (SSSR count). The highest BCUT2D eigenvalue weighted by atomic mass is 32.2. The number of rotatable bonds is 8. The zero-order valence-corrected chi connectivity index (χ0v) is 17.3. The minimum atomic E-state index is -3.51. The minimum absolute atomic E-state index is 0.0696. The molecule has 2 fully saturated rings. The minimum Gasteiger partial charge on any atom is -0.379 e. The number of nitrogens with zero attached hydrogens (tertiary/aromatic N) is 1. The number of sulfonamides is 1. The van der Waals surface area contributed by atoms with Gasteiger partial charge in [0.25, 0.3) is 5.91 Å². The first-order chi connectivity index (χ1) is 13.5. The number of nitrogens with two attached hydrogens (primary N) is 1. The normalized spacial score (nSPS) is 23.6. The van der Waals surface area contributed by atoms with Gasteiger partial charge in [-0.05, 0) is 31.2 Å². The number of benzene rings is 1. The van der Waals surface area contributed by atoms with Crippen LogP contribution in [0.5, 0.6) is 0 Å². The molecule has 0 aliphatic carbocycles. The van der Waals surface area contributed by atoms with Gasteiger partial charge in [-0.3, -0.25) is 4.79 Å². The van der Waals surface area contributed by atoms with Gasteiger partial charge in [0, 0.05) is 31.6 Å². The van der Waals surface area contributed by atoms with Crippen LogP contribution in [-0.4, -0.2) is 77.2 Å². The van der Waals surface area contributed by atoms with Crippen LogP contribution in [0.1, 0.15) is 19.8 Å². The molecule has 1 amide bonds. The summed E-state index contributed by atoms with van der Waals surface area (Å²) in [4.78, 5) is 14.0. The Hall–Kier alpha value is -1.52. The van der Waals surface area contributed by atoms with Gasteiger partial charge in [0.2, 0.25) is 10.0 Å². The molecule has 1 unspecified atom stereocenters. The summed E-state index contributed by atoms with van der Waals surface area (Å²) >= 11 is 0. The first kappa shape index (κ1) is 21.2. The van der Waals surface area contributed by atoms with Crippen molar-refractivity contribution < 1.29 is 28.2 Å². The predicted molar refractivity (Wildman–Crippen MR) is 106 cm³/mol. The van der Waals surface area contributed by atoms with Crippen molar-refractivity contribution in [2.75, 3.05) is 57.8 Å². The quantitative estimate of drug-likeness (QED) is 0.473. The molecule has 0 radical (unpaired) electrons. The lowest BCUT2D eigenvalue weighted by molar-refractivity contribution is -0.923. The zero-order chi connectivity index (χ0) is 20.0. The van der Waals surface area contributed by atoms with Crippen molar-refractivity contribution in [1.82, 2.24) is 4.31 Å². The number of likely N-dealkylation sites (N-methyl/N-ethyl adjacent to an activating group) is 1. The zero-order valence-electron chi connectivity index (χ0n) is 16.5. The standard InChI is InChI=1S/C19H30N4O4S/c1-2-22-9-3-4-17(22)14-20-15-19(24)21-16-5-7-18(8-6-16)28(25,26)23-10-12-27-13-11-23/h5-8,17,20H,2-4,9-15H2,1H3,(H,21,24)/p+2/t17-/m0/s1. The molecule has 0 saturated carbocycles. The largest absolute Gasteiger partial charge is 0.379 e. The Labute approximate surface area is 167 Å². The number of amides is 1. The second kappa shape index (κ2) is 9.80. The molecule has 2 saturated heterocycles. The summed E-state index contributed by atoms with van der Waals surface area (Å²) in [5.74, 6) is -0.0696. The summed E-state index contributed by atoms with van der Waals surface area (Å²) in [7, 11) is -3.51. The van der Waals surface area contributed by atoms with Crippen LogP contribution in [0.25, 0.3) is 0 Å². The number of carbonyl (C=O) groups is 1. The SMILES string of the molecule is CC[NH+]1CCC[C@H]1C[NH2+]CC(=O)Nc1ccc(S(=O)(=O)N2CCOCC2)cc1. The van der Waals surface area contributed by atoms with Crippen LogP contribution < -0.4 is 15.5 Å². The third-order valence-corrected chi connectivity index (χ3v) is 7.52. The fourth-order valence-corrected chi connectivity index (χ4v) is 5.42. The average molecular weight is 413 g/mol. The summed E-state index contributed by atoms with van der Waals surface area (Å²) in [6, 6.07) is 7.02. The number of hydrogen-bond acceptors (Lipinski definition) is 4. The van der Waals surface area contributed by atoms with Gasteiger partial charge in [-0.1, -0.05) is 0 Å². The number of ether oxygens (including phenoxy) is 1. The van der Waals surface area contributed by atoms with Crippen LogP contribution in [0.4, 0.5) is 5.69 Å². The molecule has 0 aromatic heterocycles. The first-order valence-corrected chi connectivity index (χ1v) is 11.6. The van der Waals surface area contributed by atoms with Crippen LogP contribution in [0.2, 0.25) is 0 Å². The lowest BCUT2D eigenvalue weighted by Crippen LogP contribution is -3.16. The van der Waals surface area contributed by atoms with E-state index in [4.69, 9.17) is 4.74 Å². The lowest BCUT2D eigenvalue weighted by Gasteiger charge is -2.26. The number of likely N-dealkylation sites (tertiary alicyclic amines) is 1. The van der Waals surface area contributed by atoms with Gasteiger partial charge in [-0.2, -0.15) is 4.31 Å². The summed E-state index contributed by atoms with van der Waals surface area (Å²) in [6.45, 7) is 7.51. The Morgan fingerprint density at radius 3 is 2.68 bits per heavy atom. The van der Waals surface area contributed by atoms with E-state index >= 15 is 0 Å². The topological polar surface area (TPSA) is 96.8 Å². The molecule has 9 heteroatoms. The molecule has 2 aliphatic heterocycles. The van der Waals surface area contributed by atoms with Crippen LogP contribution >= 0.6 is 0 Å². The lowest BCUT2D eigenvalue weighted by atomic mass is 10.2. The first-order valence-electron chi connectivity index (χ1n) is 10.1. The third-order valence-electron chi connectivity index (χ3n) is 5.61. The van der Waals surface area contributed by atoms with Gasteiger partial charge in [0.05, 0.1) is 31.2 Å². The fraction of sp³-hybridized carbons (Fsp3) is 0.632. The van der Waals surface area contributed by atoms with Crippen molar-refractivity contribution in [3.05, 3.63) is 24.3 Å². The van der Waals surface area contributed by atoms with E-state index in [9.17, 15) is 13.2 Å². The number of quaternary nitrogens is 2. The Kier molecular flexibility index (Phi) is 7.42. The number of carbonyl (C=O) groups excluding carboxylic acids is 1. The molecule has 156 valence electrons. The summed E-state index contributed by atoms with van der Waals surface area (Å²) in [5.41, 5.74) is 0.612. The molecule has 0 bridgehead atoms. The van der Waals surface area contributed by atoms with E-state index in [0.29, 0.717) is 44.6 Å². The van der Waals surface area contributed by atoms with Crippen molar-refractivity contribution in [2.24, 2.45) is 0 Å². The van der Waals surface area contributed by atoms with Gasteiger partial charge in [-0.15, -0.1) is 0 Å². The van der Waals surface area contributed by atoms with E-state index in [1.54, 1.807) is 29.2 Å². The van der Waals surface area contributed by atoms with E-state index in [1.807, 2.05) is 0 Å². The van der Waals surface area contributed by atoms with Crippen molar-refractivity contribution in [2.45, 2.75) is 30.7 Å². The van der Waals surface area contributed by atoms with Gasteiger partial charge < -0.3 is 20.3 Å². The van der Waals surface area contributed by atoms with Crippen molar-refractivity contribution in [1.29, 1.82) is 0 Å². The number of morpholine rings is 1. The highest BCUT2D eigenvalue weighted by Gasteiger charge is 2.28. The van der Waals surface area contributed by atoms with Gasteiger partial charge in [-0.25, -0.2) is 8.42 Å². The Morgan fingerprint density at radius 2 is 2.00 bits per heavy atom. The molecule has 1 aromatic carbocycles. The summed E-state index contributed by atoms with van der Waals surface area (Å²) in [5, 5.41) is 4.91. The summed E-state index contributed by atoms with van der Waals surface area (Å²) < 4.78 is 31.9. The van der Waals surface area contributed by atoms with E-state index in [0.717, 1.165) is 13.1 Å². The number of anilines is 1. The second-order valence-electron chi connectivity index (χ2n) is 7.42. The molecular weight excluding hydrogens is 380 g/mol. The maximum atomic E-state index is 12.6. The third kappa shape index (κ3) is 5.30. The molecular formula is C19H32N4O4S+2. The number of hydrogen-bond donors (Lipinski definition) is 3. The monoisotopic (exact) mass is 412 g/mol. The van der Waals surface area contributed by atoms with Crippen LogP contribution in [0, 0.1) is 0 Å². The average Bonchev–Trinajstić information content (AvgIpc) is 3.16. The molecule has 28 heavy (non-hydrogen) atoms. The van der Waals surface area contributed by atoms with Crippen LogP contribution in [0.3, 0.4) is 0 Å². The van der Waals surface area contributed by atoms with Crippen LogP contribution in [0.15, 0.2) is 29.2 Å². The second-order valence-corrected chi connectivity index (χ2v) is 9.36. The molecule has 2 atom stereocenters. The predicted octanol–water partition coefficient (Wildman–Crippen LogP) is -1.72. The van der Waals surface area contributed by atoms with Gasteiger partial charge >= 0.3 is 0 Å². The van der Waals surface area contributed by atoms with Gasteiger partial charge in [0.1, 0.15) is 12.6 Å². The van der Waals surface area contributed by atoms with Crippen molar-refractivity contribution in [3.8, 4) is 0 Å². The molecule has 4 N–H and O–H groups in total. The molecule has 8 nitrogen and oxygen atoms in total. The summed E-state index contributed by atoms with van der Waals surface area (Å²) in [6.07, 6.45) is 2.51. The maximum Gasteiger partial charge on any atom is 0.279 e. The molecule has 2 aliphatic rings. The molecule has 2 heterocycles. The van der Waals surface area contributed by atoms with Crippen LogP contribution in [-0.2, 0) is 19.6 Å². The van der Waals surface area contributed by atoms with E-state index < -0.39 is 10.0 Å². The Morgan fingerprint density at radius 1 is 1.29 bits per heavy atom. The van der Waals surface area contributed by atoms with E-state index in [-0.39, 0.29) is 10.8 Å². The van der Waals surface area contributed by atoms with E-state index in [2.05, 4.69) is 17.6 Å². The van der Waals surface area contributed by atoms with Gasteiger partial charge in [0.15, 0.2) is 6.54 Å². The van der Waals surface area contributed by atoms with Crippen molar-refractivity contribution >= 4 is 21.6 Å². The fourth-order valence-electron chi connectivity index (χ4n) is 4.01. The molecule has 1 aromatic rings. The smallest absolute Gasteiger partial charge is 0.279 e.